The highest BCUT2D eigenvalue weighted by Crippen LogP contribution is 2.35. The lowest BCUT2D eigenvalue weighted by Crippen LogP contribution is -2.15. The van der Waals surface area contributed by atoms with Gasteiger partial charge in [0.25, 0.3) is 0 Å². The van der Waals surface area contributed by atoms with Gasteiger partial charge in [0.05, 0.1) is 0 Å². The van der Waals surface area contributed by atoms with Gasteiger partial charge in [-0.1, -0.05) is 30.3 Å². The Hall–Kier alpha value is -3.34. The van der Waals surface area contributed by atoms with E-state index in [4.69, 9.17) is 4.74 Å². The number of ether oxygens (including phenoxy) is 1. The molecule has 0 amide bonds. The third-order valence-corrected chi connectivity index (χ3v) is 4.69. The number of ketones is 1. The fourth-order valence-electron chi connectivity index (χ4n) is 3.04. The third kappa shape index (κ3) is 3.49. The zero-order chi connectivity index (χ0) is 19.7. The number of Topliss-reactive ketones (excluding diaryl/α,β-unsaturated/α-hetero) is 1. The number of esters is 1. The lowest BCUT2D eigenvalue weighted by molar-refractivity contribution is 0.0471. The van der Waals surface area contributed by atoms with Crippen LogP contribution in [0.3, 0.4) is 0 Å². The maximum atomic E-state index is 12.4. The molecule has 0 saturated heterocycles. The van der Waals surface area contributed by atoms with Crippen LogP contribution in [0.25, 0.3) is 10.8 Å². The molecule has 0 radical (unpaired) electrons. The molecule has 2 N–H and O–H groups in total. The second kappa shape index (κ2) is 7.11. The van der Waals surface area contributed by atoms with Crippen molar-refractivity contribution in [3.05, 3.63) is 70.3 Å². The molecule has 0 aliphatic heterocycles. The summed E-state index contributed by atoms with van der Waals surface area (Å²) in [4.78, 5) is 24.8. The number of phenols is 2. The van der Waals surface area contributed by atoms with Crippen molar-refractivity contribution in [2.24, 2.45) is 0 Å². The Morgan fingerprint density at radius 2 is 1.48 bits per heavy atom. The third-order valence-electron chi connectivity index (χ3n) is 4.69. The van der Waals surface area contributed by atoms with Crippen LogP contribution in [0.2, 0.25) is 0 Å². The molecular weight excluding hydrogens is 344 g/mol. The van der Waals surface area contributed by atoms with Gasteiger partial charge in [0.15, 0.2) is 6.61 Å². The molecule has 0 spiro atoms. The van der Waals surface area contributed by atoms with E-state index >= 15 is 0 Å². The van der Waals surface area contributed by atoms with Crippen molar-refractivity contribution in [1.82, 2.24) is 0 Å². The summed E-state index contributed by atoms with van der Waals surface area (Å²) in [7, 11) is 0. The number of hydrogen-bond donors (Lipinski definition) is 2. The SMILES string of the molecule is Cc1cc(C)c(C(=O)COC(=O)c2cc(O)c3ccccc3c2O)cc1C. The van der Waals surface area contributed by atoms with Crippen LogP contribution in [0, 0.1) is 20.8 Å². The maximum Gasteiger partial charge on any atom is 0.342 e. The predicted molar refractivity (Wildman–Crippen MR) is 103 cm³/mol. The summed E-state index contributed by atoms with van der Waals surface area (Å²) in [6.45, 7) is 5.25. The van der Waals surface area contributed by atoms with Crippen LogP contribution in [-0.4, -0.2) is 28.6 Å². The quantitative estimate of drug-likeness (QED) is 0.411. The van der Waals surface area contributed by atoms with E-state index in [0.717, 1.165) is 22.8 Å². The van der Waals surface area contributed by atoms with Crippen molar-refractivity contribution < 1.29 is 24.5 Å². The first-order chi connectivity index (χ1) is 12.8. The molecule has 5 nitrogen and oxygen atoms in total. The van der Waals surface area contributed by atoms with Gasteiger partial charge in [0.1, 0.15) is 17.1 Å². The average molecular weight is 364 g/mol. The highest BCUT2D eigenvalue weighted by Gasteiger charge is 2.20. The molecule has 0 aliphatic rings. The highest BCUT2D eigenvalue weighted by molar-refractivity contribution is 6.05. The topological polar surface area (TPSA) is 83.8 Å². The number of fused-ring (bicyclic) bond motifs is 1. The minimum atomic E-state index is -0.872. The Kier molecular flexibility index (Phi) is 4.86. The molecule has 27 heavy (non-hydrogen) atoms. The molecule has 3 aromatic rings. The van der Waals surface area contributed by atoms with Crippen LogP contribution >= 0.6 is 0 Å². The minimum Gasteiger partial charge on any atom is -0.507 e. The van der Waals surface area contributed by atoms with E-state index in [0.29, 0.717) is 16.3 Å². The van der Waals surface area contributed by atoms with Crippen LogP contribution in [0.4, 0.5) is 0 Å². The fraction of sp³-hybridized carbons (Fsp3) is 0.182. The van der Waals surface area contributed by atoms with Gasteiger partial charge >= 0.3 is 5.97 Å². The van der Waals surface area contributed by atoms with Gasteiger partial charge in [0, 0.05) is 16.3 Å². The van der Waals surface area contributed by atoms with E-state index in [1.54, 1.807) is 30.3 Å². The number of aryl methyl sites for hydroxylation is 3. The molecule has 0 saturated carbocycles. The van der Waals surface area contributed by atoms with Crippen LogP contribution in [0.1, 0.15) is 37.4 Å². The summed E-state index contributed by atoms with van der Waals surface area (Å²) in [6, 6.07) is 11.5. The Bertz CT molecular complexity index is 1070. The van der Waals surface area contributed by atoms with Crippen molar-refractivity contribution in [2.45, 2.75) is 20.8 Å². The molecule has 0 atom stereocenters. The first kappa shape index (κ1) is 18.5. The number of aromatic hydroxyl groups is 2. The van der Waals surface area contributed by atoms with E-state index in [9.17, 15) is 19.8 Å². The van der Waals surface area contributed by atoms with Crippen molar-refractivity contribution in [2.75, 3.05) is 6.61 Å². The smallest absolute Gasteiger partial charge is 0.342 e. The second-order valence-electron chi connectivity index (χ2n) is 6.59. The Morgan fingerprint density at radius 1 is 0.852 bits per heavy atom. The zero-order valence-electron chi connectivity index (χ0n) is 15.4. The van der Waals surface area contributed by atoms with Gasteiger partial charge in [-0.05, 0) is 49.6 Å². The molecule has 0 aromatic heterocycles. The van der Waals surface area contributed by atoms with Gasteiger partial charge in [-0.3, -0.25) is 4.79 Å². The Balaban J connectivity index is 1.82. The number of benzene rings is 3. The van der Waals surface area contributed by atoms with Crippen LogP contribution < -0.4 is 0 Å². The molecule has 3 aromatic carbocycles. The van der Waals surface area contributed by atoms with Gasteiger partial charge < -0.3 is 14.9 Å². The number of phenolic OH excluding ortho intramolecular Hbond substituents is 2. The fourth-order valence-corrected chi connectivity index (χ4v) is 3.04. The van der Waals surface area contributed by atoms with E-state index < -0.39 is 12.6 Å². The minimum absolute atomic E-state index is 0.147. The van der Waals surface area contributed by atoms with Crippen LogP contribution in [0.15, 0.2) is 42.5 Å². The summed E-state index contributed by atoms with van der Waals surface area (Å²) in [5.41, 5.74) is 3.18. The van der Waals surface area contributed by atoms with Gasteiger partial charge in [-0.25, -0.2) is 4.79 Å². The van der Waals surface area contributed by atoms with Crippen molar-refractivity contribution >= 4 is 22.5 Å². The molecule has 3 rings (SSSR count). The summed E-state index contributed by atoms with van der Waals surface area (Å²) in [5, 5.41) is 21.2. The number of rotatable bonds is 4. The second-order valence-corrected chi connectivity index (χ2v) is 6.59. The summed E-state index contributed by atoms with van der Waals surface area (Å²) >= 11 is 0. The Morgan fingerprint density at radius 3 is 2.19 bits per heavy atom. The number of carbonyl (C=O) groups excluding carboxylic acids is 2. The lowest BCUT2D eigenvalue weighted by atomic mass is 9.98. The normalized spacial score (nSPS) is 10.8. The van der Waals surface area contributed by atoms with E-state index in [1.165, 1.54) is 0 Å². The molecule has 5 heteroatoms. The van der Waals surface area contributed by atoms with E-state index in [1.807, 2.05) is 26.8 Å². The molecule has 0 heterocycles. The van der Waals surface area contributed by atoms with Gasteiger partial charge in [0.2, 0.25) is 5.78 Å². The largest absolute Gasteiger partial charge is 0.507 e. The number of carbonyl (C=O) groups is 2. The molecular formula is C22H20O5. The number of hydrogen-bond acceptors (Lipinski definition) is 5. The molecule has 0 aliphatic carbocycles. The van der Waals surface area contributed by atoms with Crippen molar-refractivity contribution in [3.63, 3.8) is 0 Å². The van der Waals surface area contributed by atoms with E-state index in [-0.39, 0.29) is 22.8 Å². The summed E-state index contributed by atoms with van der Waals surface area (Å²) in [5.74, 6) is -1.63. The maximum absolute atomic E-state index is 12.4. The summed E-state index contributed by atoms with van der Waals surface area (Å²) < 4.78 is 5.09. The highest BCUT2D eigenvalue weighted by atomic mass is 16.5. The lowest BCUT2D eigenvalue weighted by Gasteiger charge is -2.11. The first-order valence-corrected chi connectivity index (χ1v) is 8.51. The molecule has 0 bridgehead atoms. The van der Waals surface area contributed by atoms with Gasteiger partial charge in [-0.15, -0.1) is 0 Å². The van der Waals surface area contributed by atoms with Crippen molar-refractivity contribution in [1.29, 1.82) is 0 Å². The summed E-state index contributed by atoms with van der Waals surface area (Å²) in [6.07, 6.45) is 0. The van der Waals surface area contributed by atoms with Crippen LogP contribution in [-0.2, 0) is 4.74 Å². The predicted octanol–water partition coefficient (Wildman–Crippen LogP) is 4.22. The average Bonchev–Trinajstić information content (AvgIpc) is 2.65. The molecule has 0 fully saturated rings. The molecule has 138 valence electrons. The first-order valence-electron chi connectivity index (χ1n) is 8.51. The van der Waals surface area contributed by atoms with E-state index in [2.05, 4.69) is 0 Å². The van der Waals surface area contributed by atoms with Crippen LogP contribution in [0.5, 0.6) is 11.5 Å². The molecule has 0 unspecified atom stereocenters. The zero-order valence-corrected chi connectivity index (χ0v) is 15.4. The van der Waals surface area contributed by atoms with Gasteiger partial charge in [-0.2, -0.15) is 0 Å². The Labute approximate surface area is 156 Å². The monoisotopic (exact) mass is 364 g/mol. The standard InChI is InChI=1S/C22H20O5/c1-12-8-14(3)17(9-13(12)2)20(24)11-27-22(26)18-10-19(23)15-6-4-5-7-16(15)21(18)25/h4-10,23,25H,11H2,1-3H3. The van der Waals surface area contributed by atoms with Crippen molar-refractivity contribution in [3.8, 4) is 11.5 Å².